The van der Waals surface area contributed by atoms with E-state index in [2.05, 4.69) is 5.32 Å². The Kier molecular flexibility index (Phi) is 4.02. The van der Waals surface area contributed by atoms with Crippen molar-refractivity contribution in [3.8, 4) is 0 Å². The van der Waals surface area contributed by atoms with Gasteiger partial charge in [-0.05, 0) is 30.2 Å². The summed E-state index contributed by atoms with van der Waals surface area (Å²) in [7, 11) is -5.34. The highest BCUT2D eigenvalue weighted by molar-refractivity contribution is 7.93. The first kappa shape index (κ1) is 14.9. The SMILES string of the molecule is Cl.O=S(=O)(Nc1ccc2c(c1)CCN2)C(F)(F)F. The summed E-state index contributed by atoms with van der Waals surface area (Å²) >= 11 is 0. The molecule has 1 heterocycles. The minimum Gasteiger partial charge on any atom is -0.384 e. The quantitative estimate of drug-likeness (QED) is 0.881. The van der Waals surface area contributed by atoms with Crippen LogP contribution in [0.3, 0.4) is 0 Å². The fourth-order valence-corrected chi connectivity index (χ4v) is 2.13. The molecule has 0 aromatic heterocycles. The van der Waals surface area contributed by atoms with Crippen molar-refractivity contribution in [2.24, 2.45) is 0 Å². The Bertz CT molecular complexity index is 545. The first-order valence-electron chi connectivity index (χ1n) is 4.75. The lowest BCUT2D eigenvalue weighted by Crippen LogP contribution is -2.29. The maximum absolute atomic E-state index is 12.1. The van der Waals surface area contributed by atoms with Gasteiger partial charge in [-0.1, -0.05) is 0 Å². The van der Waals surface area contributed by atoms with Gasteiger partial charge in [-0.3, -0.25) is 4.72 Å². The van der Waals surface area contributed by atoms with Crippen LogP contribution in [0.1, 0.15) is 5.56 Å². The van der Waals surface area contributed by atoms with Gasteiger partial charge in [0.1, 0.15) is 0 Å². The van der Waals surface area contributed by atoms with Gasteiger partial charge in [-0.2, -0.15) is 21.6 Å². The van der Waals surface area contributed by atoms with Gasteiger partial charge in [0.2, 0.25) is 0 Å². The highest BCUT2D eigenvalue weighted by atomic mass is 35.5. The highest BCUT2D eigenvalue weighted by Crippen LogP contribution is 2.29. The molecule has 0 unspecified atom stereocenters. The molecule has 0 saturated carbocycles. The predicted molar refractivity (Wildman–Crippen MR) is 64.5 cm³/mol. The smallest absolute Gasteiger partial charge is 0.384 e. The number of halogens is 4. The Morgan fingerprint density at radius 1 is 1.28 bits per heavy atom. The lowest BCUT2D eigenvalue weighted by Gasteiger charge is -2.11. The van der Waals surface area contributed by atoms with Crippen LogP contribution in [0.2, 0.25) is 0 Å². The van der Waals surface area contributed by atoms with E-state index in [4.69, 9.17) is 0 Å². The summed E-state index contributed by atoms with van der Waals surface area (Å²) < 4.78 is 59.6. The van der Waals surface area contributed by atoms with Gasteiger partial charge in [0.05, 0.1) is 0 Å². The molecular formula is C9H10ClF3N2O2S. The van der Waals surface area contributed by atoms with E-state index >= 15 is 0 Å². The van der Waals surface area contributed by atoms with Crippen molar-refractivity contribution >= 4 is 33.8 Å². The van der Waals surface area contributed by atoms with Crippen LogP contribution in [0.4, 0.5) is 24.5 Å². The van der Waals surface area contributed by atoms with E-state index in [1.54, 1.807) is 6.07 Å². The average Bonchev–Trinajstić information content (AvgIpc) is 2.62. The Morgan fingerprint density at radius 3 is 2.56 bits per heavy atom. The second-order valence-corrected chi connectivity index (χ2v) is 5.27. The number of fused-ring (bicyclic) bond motifs is 1. The van der Waals surface area contributed by atoms with Gasteiger partial charge in [0.25, 0.3) is 0 Å². The zero-order valence-electron chi connectivity index (χ0n) is 8.91. The number of rotatable bonds is 2. The van der Waals surface area contributed by atoms with Crippen molar-refractivity contribution in [2.45, 2.75) is 11.9 Å². The van der Waals surface area contributed by atoms with E-state index in [1.807, 2.05) is 0 Å². The fraction of sp³-hybridized carbons (Fsp3) is 0.333. The average molecular weight is 303 g/mol. The van der Waals surface area contributed by atoms with Crippen LogP contribution in [0.5, 0.6) is 0 Å². The fourth-order valence-electron chi connectivity index (χ4n) is 1.58. The minimum absolute atomic E-state index is 0. The third-order valence-corrected chi connectivity index (χ3v) is 3.49. The van der Waals surface area contributed by atoms with Crippen LogP contribution < -0.4 is 10.0 Å². The van der Waals surface area contributed by atoms with Crippen LogP contribution in [0.15, 0.2) is 18.2 Å². The van der Waals surface area contributed by atoms with Gasteiger partial charge in [0, 0.05) is 17.9 Å². The number of sulfonamides is 1. The molecule has 1 aliphatic heterocycles. The Labute approximate surface area is 108 Å². The van der Waals surface area contributed by atoms with Crippen molar-refractivity contribution in [1.82, 2.24) is 0 Å². The molecule has 0 radical (unpaired) electrons. The second-order valence-electron chi connectivity index (χ2n) is 3.60. The second kappa shape index (κ2) is 4.85. The summed E-state index contributed by atoms with van der Waals surface area (Å²) in [6.45, 7) is 0.699. The lowest BCUT2D eigenvalue weighted by molar-refractivity contribution is -0.0429. The van der Waals surface area contributed by atoms with E-state index in [0.717, 1.165) is 11.3 Å². The van der Waals surface area contributed by atoms with E-state index in [1.165, 1.54) is 16.9 Å². The molecule has 1 aromatic rings. The van der Waals surface area contributed by atoms with Crippen molar-refractivity contribution in [3.05, 3.63) is 23.8 Å². The number of benzene rings is 1. The summed E-state index contributed by atoms with van der Waals surface area (Å²) in [6, 6.07) is 4.25. The molecule has 2 N–H and O–H groups in total. The summed E-state index contributed by atoms with van der Waals surface area (Å²) in [5.41, 5.74) is -3.76. The Balaban J connectivity index is 0.00000162. The molecule has 9 heteroatoms. The van der Waals surface area contributed by atoms with E-state index in [0.29, 0.717) is 13.0 Å². The van der Waals surface area contributed by atoms with E-state index in [-0.39, 0.29) is 18.1 Å². The largest absolute Gasteiger partial charge is 0.516 e. The summed E-state index contributed by atoms with van der Waals surface area (Å²) in [5.74, 6) is 0. The number of hydrogen-bond acceptors (Lipinski definition) is 3. The standard InChI is InChI=1S/C9H9F3N2O2S.ClH/c10-9(11,12)17(15,16)14-7-1-2-8-6(5-7)3-4-13-8;/h1-2,5,13-14H,3-4H2;1H. The molecule has 18 heavy (non-hydrogen) atoms. The van der Waals surface area contributed by atoms with Crippen LogP contribution in [-0.4, -0.2) is 20.5 Å². The van der Waals surface area contributed by atoms with Crippen molar-refractivity contribution < 1.29 is 21.6 Å². The number of nitrogens with one attached hydrogen (secondary N) is 2. The summed E-state index contributed by atoms with van der Waals surface area (Å²) in [5, 5.41) is 3.02. The molecule has 0 saturated heterocycles. The van der Waals surface area contributed by atoms with Crippen molar-refractivity contribution in [3.63, 3.8) is 0 Å². The highest BCUT2D eigenvalue weighted by Gasteiger charge is 2.46. The van der Waals surface area contributed by atoms with Crippen LogP contribution in [0.25, 0.3) is 0 Å². The molecule has 0 aliphatic carbocycles. The topological polar surface area (TPSA) is 58.2 Å². The third-order valence-electron chi connectivity index (χ3n) is 2.37. The molecular weight excluding hydrogens is 293 g/mol. The molecule has 0 amide bonds. The van der Waals surface area contributed by atoms with Gasteiger partial charge in [-0.15, -0.1) is 12.4 Å². The normalized spacial score (nSPS) is 14.4. The predicted octanol–water partition coefficient (Wildman–Crippen LogP) is 2.34. The molecule has 0 spiro atoms. The molecule has 0 bridgehead atoms. The van der Waals surface area contributed by atoms with Crippen LogP contribution in [-0.2, 0) is 16.4 Å². The zero-order valence-corrected chi connectivity index (χ0v) is 10.5. The Morgan fingerprint density at radius 2 is 1.94 bits per heavy atom. The number of alkyl halides is 3. The van der Waals surface area contributed by atoms with Crippen molar-refractivity contribution in [1.29, 1.82) is 0 Å². The third kappa shape index (κ3) is 2.81. The van der Waals surface area contributed by atoms with Gasteiger partial charge in [0.15, 0.2) is 0 Å². The van der Waals surface area contributed by atoms with E-state index < -0.39 is 15.5 Å². The van der Waals surface area contributed by atoms with Crippen LogP contribution in [0, 0.1) is 0 Å². The molecule has 1 aromatic carbocycles. The van der Waals surface area contributed by atoms with Gasteiger partial charge >= 0.3 is 15.5 Å². The molecule has 0 atom stereocenters. The van der Waals surface area contributed by atoms with Crippen molar-refractivity contribution in [2.75, 3.05) is 16.6 Å². The molecule has 0 fully saturated rings. The molecule has 1 aliphatic rings. The minimum atomic E-state index is -5.34. The molecule has 2 rings (SSSR count). The maximum atomic E-state index is 12.1. The van der Waals surface area contributed by atoms with E-state index in [9.17, 15) is 21.6 Å². The van der Waals surface area contributed by atoms with Gasteiger partial charge < -0.3 is 5.32 Å². The maximum Gasteiger partial charge on any atom is 0.516 e. The molecule has 102 valence electrons. The van der Waals surface area contributed by atoms with Gasteiger partial charge in [-0.25, -0.2) is 0 Å². The first-order chi connectivity index (χ1) is 7.79. The number of anilines is 2. The monoisotopic (exact) mass is 302 g/mol. The molecule has 4 nitrogen and oxygen atoms in total. The summed E-state index contributed by atoms with van der Waals surface area (Å²) in [4.78, 5) is 0. The lowest BCUT2D eigenvalue weighted by atomic mass is 10.1. The van der Waals surface area contributed by atoms with Crippen LogP contribution >= 0.6 is 12.4 Å². The zero-order chi connectivity index (χ0) is 12.7. The first-order valence-corrected chi connectivity index (χ1v) is 6.24. The summed E-state index contributed by atoms with van der Waals surface area (Å²) in [6.07, 6.45) is 0.664. The Hall–Kier alpha value is -1.15. The number of hydrogen-bond donors (Lipinski definition) is 2.